The maximum absolute atomic E-state index is 12.0. The van der Waals surface area contributed by atoms with Crippen molar-refractivity contribution in [3.05, 3.63) is 48.5 Å². The topological polar surface area (TPSA) is 56.8 Å². The van der Waals surface area contributed by atoms with Crippen LogP contribution in [0.15, 0.2) is 48.5 Å². The van der Waals surface area contributed by atoms with E-state index in [1.54, 1.807) is 25.3 Å². The highest BCUT2D eigenvalue weighted by molar-refractivity contribution is 5.93. The first kappa shape index (κ1) is 16.7. The Balaban J connectivity index is 1.94. The summed E-state index contributed by atoms with van der Waals surface area (Å²) in [6, 6.07) is 14.5. The first-order valence-corrected chi connectivity index (χ1v) is 7.52. The average Bonchev–Trinajstić information content (AvgIpc) is 2.59. The monoisotopic (exact) mass is 315 g/mol. The maximum Gasteiger partial charge on any atom is 0.262 e. The fraction of sp³-hybridized carbons (Fsp3) is 0.278. The van der Waals surface area contributed by atoms with Gasteiger partial charge in [-0.05, 0) is 30.7 Å². The van der Waals surface area contributed by atoms with Crippen LogP contribution in [0.4, 0.5) is 5.69 Å². The zero-order chi connectivity index (χ0) is 16.5. The number of anilines is 1. The Morgan fingerprint density at radius 2 is 1.57 bits per heavy atom. The van der Waals surface area contributed by atoms with Crippen molar-refractivity contribution in [2.75, 3.05) is 25.6 Å². The first-order valence-electron chi connectivity index (χ1n) is 7.52. The number of benzene rings is 2. The van der Waals surface area contributed by atoms with Crippen LogP contribution in [0.1, 0.15) is 13.3 Å². The molecule has 5 heteroatoms. The summed E-state index contributed by atoms with van der Waals surface area (Å²) >= 11 is 0. The van der Waals surface area contributed by atoms with Gasteiger partial charge in [-0.3, -0.25) is 4.79 Å². The predicted octanol–water partition coefficient (Wildman–Crippen LogP) is 3.50. The van der Waals surface area contributed by atoms with Crippen LogP contribution >= 0.6 is 0 Å². The maximum atomic E-state index is 12.0. The molecule has 23 heavy (non-hydrogen) atoms. The van der Waals surface area contributed by atoms with Gasteiger partial charge in [0.05, 0.1) is 19.4 Å². The molecule has 1 N–H and O–H groups in total. The van der Waals surface area contributed by atoms with E-state index >= 15 is 0 Å². The molecule has 122 valence electrons. The lowest BCUT2D eigenvalue weighted by Crippen LogP contribution is -2.20. The first-order chi connectivity index (χ1) is 11.2. The summed E-state index contributed by atoms with van der Waals surface area (Å²) in [6.07, 6.45) is 0.905. The van der Waals surface area contributed by atoms with Gasteiger partial charge in [-0.25, -0.2) is 0 Å². The van der Waals surface area contributed by atoms with E-state index in [9.17, 15) is 4.79 Å². The zero-order valence-corrected chi connectivity index (χ0v) is 13.4. The quantitative estimate of drug-likeness (QED) is 0.810. The highest BCUT2D eigenvalue weighted by Gasteiger charge is 2.10. The van der Waals surface area contributed by atoms with E-state index in [1.807, 2.05) is 37.3 Å². The Labute approximate surface area is 136 Å². The summed E-state index contributed by atoms with van der Waals surface area (Å²) in [4.78, 5) is 12.0. The van der Waals surface area contributed by atoms with Gasteiger partial charge in [0.25, 0.3) is 5.91 Å². The summed E-state index contributed by atoms with van der Waals surface area (Å²) < 4.78 is 16.4. The van der Waals surface area contributed by atoms with E-state index < -0.39 is 0 Å². The lowest BCUT2D eigenvalue weighted by atomic mass is 10.3. The van der Waals surface area contributed by atoms with E-state index in [1.165, 1.54) is 0 Å². The highest BCUT2D eigenvalue weighted by Crippen LogP contribution is 2.27. The molecule has 0 unspecified atom stereocenters. The Bertz CT molecular complexity index is 642. The normalized spacial score (nSPS) is 10.0. The number of hydrogen-bond acceptors (Lipinski definition) is 4. The minimum atomic E-state index is -0.264. The number of methoxy groups -OCH3 is 1. The van der Waals surface area contributed by atoms with Gasteiger partial charge >= 0.3 is 0 Å². The molecule has 0 aromatic heterocycles. The van der Waals surface area contributed by atoms with Crippen LogP contribution in [-0.2, 0) is 4.79 Å². The summed E-state index contributed by atoms with van der Waals surface area (Å²) in [5.74, 6) is 1.53. The molecule has 0 aliphatic rings. The van der Waals surface area contributed by atoms with Gasteiger partial charge in [-0.1, -0.05) is 31.2 Å². The number of para-hydroxylation sites is 4. The smallest absolute Gasteiger partial charge is 0.262 e. The van der Waals surface area contributed by atoms with Crippen molar-refractivity contribution in [2.24, 2.45) is 0 Å². The van der Waals surface area contributed by atoms with Crippen molar-refractivity contribution >= 4 is 11.6 Å². The standard InChI is InChI=1S/C18H21NO4/c1-3-12-22-16-10-6-7-11-17(16)23-13-18(20)19-14-8-4-5-9-15(14)21-2/h4-11H,3,12-13H2,1-2H3,(H,19,20). The van der Waals surface area contributed by atoms with Crippen molar-refractivity contribution in [3.8, 4) is 17.2 Å². The Morgan fingerprint density at radius 3 is 2.22 bits per heavy atom. The number of carbonyl (C=O) groups excluding carboxylic acids is 1. The third-order valence-corrected chi connectivity index (χ3v) is 3.05. The molecule has 2 rings (SSSR count). The van der Waals surface area contributed by atoms with E-state index in [-0.39, 0.29) is 12.5 Å². The van der Waals surface area contributed by atoms with E-state index in [2.05, 4.69) is 5.32 Å². The molecule has 2 aromatic rings. The molecule has 2 aromatic carbocycles. The van der Waals surface area contributed by atoms with Gasteiger partial charge < -0.3 is 19.5 Å². The molecule has 0 aliphatic carbocycles. The van der Waals surface area contributed by atoms with E-state index in [0.717, 1.165) is 6.42 Å². The number of carbonyl (C=O) groups is 1. The van der Waals surface area contributed by atoms with Crippen LogP contribution in [0.25, 0.3) is 0 Å². The predicted molar refractivity (Wildman–Crippen MR) is 89.3 cm³/mol. The minimum Gasteiger partial charge on any atom is -0.495 e. The molecular weight excluding hydrogens is 294 g/mol. The molecule has 0 aliphatic heterocycles. The van der Waals surface area contributed by atoms with Crippen LogP contribution in [0, 0.1) is 0 Å². The summed E-state index contributed by atoms with van der Waals surface area (Å²) in [6.45, 7) is 2.53. The molecule has 0 bridgehead atoms. The minimum absolute atomic E-state index is 0.107. The average molecular weight is 315 g/mol. The summed E-state index contributed by atoms with van der Waals surface area (Å²) in [7, 11) is 1.56. The van der Waals surface area contributed by atoms with Crippen LogP contribution in [0.3, 0.4) is 0 Å². The third-order valence-electron chi connectivity index (χ3n) is 3.05. The molecule has 0 radical (unpaired) electrons. The summed E-state index contributed by atoms with van der Waals surface area (Å²) in [5, 5.41) is 2.76. The second-order valence-corrected chi connectivity index (χ2v) is 4.83. The molecule has 0 atom stereocenters. The lowest BCUT2D eigenvalue weighted by molar-refractivity contribution is -0.118. The lowest BCUT2D eigenvalue weighted by Gasteiger charge is -2.13. The Kier molecular flexibility index (Phi) is 6.29. The van der Waals surface area contributed by atoms with Crippen LogP contribution in [0.5, 0.6) is 17.2 Å². The van der Waals surface area contributed by atoms with Gasteiger partial charge in [0.2, 0.25) is 0 Å². The molecule has 0 spiro atoms. The number of nitrogens with one attached hydrogen (secondary N) is 1. The van der Waals surface area contributed by atoms with Crippen molar-refractivity contribution in [3.63, 3.8) is 0 Å². The fourth-order valence-electron chi connectivity index (χ4n) is 1.98. The molecular formula is C18H21NO4. The number of hydrogen-bond donors (Lipinski definition) is 1. The molecule has 1 amide bonds. The largest absolute Gasteiger partial charge is 0.495 e. The fourth-order valence-corrected chi connectivity index (χ4v) is 1.98. The van der Waals surface area contributed by atoms with Gasteiger partial charge in [-0.2, -0.15) is 0 Å². The van der Waals surface area contributed by atoms with E-state index in [4.69, 9.17) is 14.2 Å². The van der Waals surface area contributed by atoms with Gasteiger partial charge in [0.15, 0.2) is 18.1 Å². The van der Waals surface area contributed by atoms with Crippen LogP contribution in [0.2, 0.25) is 0 Å². The molecule has 0 fully saturated rings. The van der Waals surface area contributed by atoms with Gasteiger partial charge in [0.1, 0.15) is 5.75 Å². The van der Waals surface area contributed by atoms with Crippen LogP contribution in [-0.4, -0.2) is 26.2 Å². The SMILES string of the molecule is CCCOc1ccccc1OCC(=O)Nc1ccccc1OC. The molecule has 0 saturated carbocycles. The highest BCUT2D eigenvalue weighted by atomic mass is 16.5. The van der Waals surface area contributed by atoms with Crippen LogP contribution < -0.4 is 19.5 Å². The molecule has 5 nitrogen and oxygen atoms in total. The third kappa shape index (κ3) is 4.92. The Morgan fingerprint density at radius 1 is 0.957 bits per heavy atom. The molecule has 0 saturated heterocycles. The number of amides is 1. The van der Waals surface area contributed by atoms with Gasteiger partial charge in [0, 0.05) is 0 Å². The zero-order valence-electron chi connectivity index (χ0n) is 13.4. The molecule has 0 heterocycles. The number of rotatable bonds is 8. The van der Waals surface area contributed by atoms with Crippen molar-refractivity contribution in [1.29, 1.82) is 0 Å². The van der Waals surface area contributed by atoms with Gasteiger partial charge in [-0.15, -0.1) is 0 Å². The van der Waals surface area contributed by atoms with E-state index in [0.29, 0.717) is 29.5 Å². The second-order valence-electron chi connectivity index (χ2n) is 4.83. The number of ether oxygens (including phenoxy) is 3. The van der Waals surface area contributed by atoms with Crippen molar-refractivity contribution < 1.29 is 19.0 Å². The second kappa shape index (κ2) is 8.68. The van der Waals surface area contributed by atoms with Crippen molar-refractivity contribution in [2.45, 2.75) is 13.3 Å². The Hall–Kier alpha value is -2.69. The summed E-state index contributed by atoms with van der Waals surface area (Å²) in [5.41, 5.74) is 0.610. The van der Waals surface area contributed by atoms with Crippen molar-refractivity contribution in [1.82, 2.24) is 0 Å².